The van der Waals surface area contributed by atoms with Crippen LogP contribution < -0.4 is 15.0 Å². The molecule has 1 amide bonds. The van der Waals surface area contributed by atoms with E-state index in [-0.39, 0.29) is 29.0 Å². The van der Waals surface area contributed by atoms with Crippen molar-refractivity contribution in [1.82, 2.24) is 14.3 Å². The Morgan fingerprint density at radius 2 is 1.88 bits per heavy atom. The van der Waals surface area contributed by atoms with E-state index < -0.39 is 0 Å². The summed E-state index contributed by atoms with van der Waals surface area (Å²) in [5, 5.41) is 0. The highest BCUT2D eigenvalue weighted by Crippen LogP contribution is 2.36. The summed E-state index contributed by atoms with van der Waals surface area (Å²) >= 11 is 6.58. The summed E-state index contributed by atoms with van der Waals surface area (Å²) in [7, 11) is 1.53. The maximum absolute atomic E-state index is 13.3. The van der Waals surface area contributed by atoms with Crippen LogP contribution >= 0.6 is 24.0 Å². The molecule has 2 aromatic heterocycles. The Kier molecular flexibility index (Phi) is 6.29. The quantitative estimate of drug-likeness (QED) is 0.390. The van der Waals surface area contributed by atoms with Crippen molar-refractivity contribution in [2.24, 2.45) is 0 Å². The average Bonchev–Trinajstić information content (AvgIpc) is 3.09. The van der Waals surface area contributed by atoms with Gasteiger partial charge < -0.3 is 9.47 Å². The number of amides is 1. The Balaban J connectivity index is 1.87. The van der Waals surface area contributed by atoms with Gasteiger partial charge in [0.2, 0.25) is 5.88 Å². The third-order valence-corrected chi connectivity index (χ3v) is 6.47. The number of carbonyl (C=O) groups excluding carboxylic acids is 1. The van der Waals surface area contributed by atoms with Gasteiger partial charge in [-0.3, -0.25) is 18.9 Å². The predicted molar refractivity (Wildman–Crippen MR) is 129 cm³/mol. The molecule has 32 heavy (non-hydrogen) atoms. The average molecular weight is 468 g/mol. The highest BCUT2D eigenvalue weighted by atomic mass is 32.2. The van der Waals surface area contributed by atoms with Crippen molar-refractivity contribution >= 4 is 45.9 Å². The Hall–Kier alpha value is -3.17. The summed E-state index contributed by atoms with van der Waals surface area (Å²) < 4.78 is 13.3. The fraction of sp³-hybridized carbons (Fsp3) is 0.217. The van der Waals surface area contributed by atoms with Crippen molar-refractivity contribution in [3.63, 3.8) is 0 Å². The molecule has 1 aromatic carbocycles. The fourth-order valence-electron chi connectivity index (χ4n) is 3.26. The van der Waals surface area contributed by atoms with Crippen LogP contribution in [0.15, 0.2) is 58.4 Å². The van der Waals surface area contributed by atoms with Gasteiger partial charge in [0.1, 0.15) is 15.5 Å². The minimum Gasteiger partial charge on any atom is -0.493 e. The van der Waals surface area contributed by atoms with Crippen molar-refractivity contribution in [2.75, 3.05) is 7.11 Å². The molecule has 3 aromatic rings. The molecule has 0 saturated carbocycles. The van der Waals surface area contributed by atoms with Crippen molar-refractivity contribution in [3.05, 3.63) is 69.5 Å². The molecule has 0 radical (unpaired) electrons. The van der Waals surface area contributed by atoms with Gasteiger partial charge in [-0.15, -0.1) is 0 Å². The molecule has 7 nitrogen and oxygen atoms in total. The van der Waals surface area contributed by atoms with Crippen molar-refractivity contribution in [2.45, 2.75) is 26.3 Å². The number of ether oxygens (including phenoxy) is 2. The highest BCUT2D eigenvalue weighted by Gasteiger charge is 2.35. The van der Waals surface area contributed by atoms with Crippen LogP contribution in [0.3, 0.4) is 0 Å². The Morgan fingerprint density at radius 1 is 1.16 bits per heavy atom. The number of rotatable bonds is 6. The summed E-state index contributed by atoms with van der Waals surface area (Å²) in [6.07, 6.45) is 3.91. The van der Waals surface area contributed by atoms with Gasteiger partial charge in [-0.2, -0.15) is 4.98 Å². The third kappa shape index (κ3) is 4.01. The van der Waals surface area contributed by atoms with Crippen LogP contribution in [0.5, 0.6) is 17.4 Å². The molecule has 1 saturated heterocycles. The molecule has 1 fully saturated rings. The first-order chi connectivity index (χ1) is 15.4. The molecule has 0 aliphatic carbocycles. The van der Waals surface area contributed by atoms with Gasteiger partial charge in [0.15, 0.2) is 11.5 Å². The minimum atomic E-state index is -0.352. The molecular formula is C23H21N3O4S2. The van der Waals surface area contributed by atoms with Crippen molar-refractivity contribution < 1.29 is 14.3 Å². The van der Waals surface area contributed by atoms with E-state index in [2.05, 4.69) is 4.98 Å². The number of fused-ring (bicyclic) bond motifs is 1. The zero-order chi connectivity index (χ0) is 22.8. The lowest BCUT2D eigenvalue weighted by Crippen LogP contribution is -2.36. The van der Waals surface area contributed by atoms with E-state index >= 15 is 0 Å². The zero-order valence-electron chi connectivity index (χ0n) is 17.8. The number of benzene rings is 1. The van der Waals surface area contributed by atoms with Crippen LogP contribution in [-0.4, -0.2) is 37.7 Å². The number of nitrogens with zero attached hydrogens (tertiary/aromatic N) is 3. The largest absolute Gasteiger partial charge is 0.493 e. The maximum Gasteiger partial charge on any atom is 0.269 e. The summed E-state index contributed by atoms with van der Waals surface area (Å²) in [5.41, 5.74) is 0.227. The maximum atomic E-state index is 13.3. The second-order valence-corrected chi connectivity index (χ2v) is 8.80. The number of para-hydroxylation sites is 2. The van der Waals surface area contributed by atoms with E-state index in [9.17, 15) is 9.59 Å². The monoisotopic (exact) mass is 467 g/mol. The first-order valence-electron chi connectivity index (χ1n) is 10.0. The smallest absolute Gasteiger partial charge is 0.269 e. The number of methoxy groups -OCH3 is 1. The third-order valence-electron chi connectivity index (χ3n) is 5.14. The van der Waals surface area contributed by atoms with Crippen molar-refractivity contribution in [3.8, 4) is 17.4 Å². The number of pyridine rings is 1. The predicted octanol–water partition coefficient (Wildman–Crippen LogP) is 4.50. The molecular weight excluding hydrogens is 446 g/mol. The molecule has 0 bridgehead atoms. The normalized spacial score (nSPS) is 16.1. The van der Waals surface area contributed by atoms with Crippen LogP contribution in [0.2, 0.25) is 0 Å². The van der Waals surface area contributed by atoms with Gasteiger partial charge in [-0.25, -0.2) is 0 Å². The summed E-state index contributed by atoms with van der Waals surface area (Å²) in [4.78, 5) is 32.8. The molecule has 164 valence electrons. The van der Waals surface area contributed by atoms with Gasteiger partial charge in [-0.05, 0) is 43.7 Å². The second kappa shape index (κ2) is 9.13. The molecule has 0 spiro atoms. The van der Waals surface area contributed by atoms with Gasteiger partial charge in [0, 0.05) is 12.2 Å². The lowest BCUT2D eigenvalue weighted by molar-refractivity contribution is -0.123. The Bertz CT molecular complexity index is 1300. The first kappa shape index (κ1) is 22.0. The fourth-order valence-corrected chi connectivity index (χ4v) is 4.71. The van der Waals surface area contributed by atoms with E-state index in [4.69, 9.17) is 21.7 Å². The van der Waals surface area contributed by atoms with Crippen LogP contribution in [0.25, 0.3) is 11.7 Å². The van der Waals surface area contributed by atoms with Gasteiger partial charge in [0.05, 0.1) is 12.0 Å². The van der Waals surface area contributed by atoms with Gasteiger partial charge in [-0.1, -0.05) is 49.1 Å². The highest BCUT2D eigenvalue weighted by molar-refractivity contribution is 8.26. The van der Waals surface area contributed by atoms with Crippen LogP contribution in [0, 0.1) is 0 Å². The number of hydrogen-bond donors (Lipinski definition) is 0. The van der Waals surface area contributed by atoms with E-state index in [1.165, 1.54) is 29.3 Å². The molecule has 0 N–H and O–H groups in total. The molecule has 0 unspecified atom stereocenters. The zero-order valence-corrected chi connectivity index (χ0v) is 19.4. The van der Waals surface area contributed by atoms with Gasteiger partial charge in [0.25, 0.3) is 11.5 Å². The van der Waals surface area contributed by atoms with Crippen molar-refractivity contribution in [1.29, 1.82) is 0 Å². The number of aromatic nitrogens is 2. The lowest BCUT2D eigenvalue weighted by Gasteiger charge is -2.21. The van der Waals surface area contributed by atoms with Gasteiger partial charge >= 0.3 is 0 Å². The number of hydrogen-bond acceptors (Lipinski definition) is 7. The molecule has 1 aliphatic heterocycles. The number of thiocarbonyl (C=S) groups is 1. The molecule has 4 rings (SSSR count). The van der Waals surface area contributed by atoms with Crippen LogP contribution in [0.4, 0.5) is 0 Å². The van der Waals surface area contributed by atoms with E-state index in [0.717, 1.165) is 6.42 Å². The standard InChI is InChI=1S/C23H21N3O4S2/c1-4-14(2)26-22(28)18(32-23(26)31)13-15-20(30-17-10-6-5-9-16(17)29-3)24-19-11-7-8-12-25(19)21(15)27/h5-14H,4H2,1-3H3/b18-13-/t14-/m0/s1. The topological polar surface area (TPSA) is 73.1 Å². The SMILES string of the molecule is CC[C@H](C)N1C(=O)/C(=C/c2c(Oc3ccccc3OC)nc3ccccn3c2=O)SC1=S. The molecule has 3 heterocycles. The summed E-state index contributed by atoms with van der Waals surface area (Å²) in [5.74, 6) is 0.759. The summed E-state index contributed by atoms with van der Waals surface area (Å²) in [6, 6.07) is 12.3. The number of carbonyl (C=O) groups is 1. The van der Waals surface area contributed by atoms with E-state index in [1.54, 1.807) is 47.5 Å². The minimum absolute atomic E-state index is 0.0338. The summed E-state index contributed by atoms with van der Waals surface area (Å²) in [6.45, 7) is 3.93. The number of thioether (sulfide) groups is 1. The van der Waals surface area contributed by atoms with E-state index in [0.29, 0.717) is 26.4 Å². The second-order valence-electron chi connectivity index (χ2n) is 7.13. The first-order valence-corrected chi connectivity index (χ1v) is 11.3. The van der Waals surface area contributed by atoms with Crippen LogP contribution in [0.1, 0.15) is 25.8 Å². The lowest BCUT2D eigenvalue weighted by atomic mass is 10.2. The van der Waals surface area contributed by atoms with E-state index in [1.807, 2.05) is 19.9 Å². The Labute approximate surface area is 194 Å². The Morgan fingerprint density at radius 3 is 2.59 bits per heavy atom. The molecule has 9 heteroatoms. The molecule has 1 atom stereocenters. The van der Waals surface area contributed by atoms with Crippen LogP contribution in [-0.2, 0) is 4.79 Å². The molecule has 1 aliphatic rings.